The van der Waals surface area contributed by atoms with Crippen LogP contribution in [0.3, 0.4) is 0 Å². The third kappa shape index (κ3) is 6.15. The number of hydrogen-bond donors (Lipinski definition) is 3. The minimum atomic E-state index is -3.89. The van der Waals surface area contributed by atoms with Crippen molar-refractivity contribution in [1.29, 1.82) is 0 Å². The van der Waals surface area contributed by atoms with Crippen molar-refractivity contribution < 1.29 is 22.7 Å². The lowest BCUT2D eigenvalue weighted by molar-refractivity contribution is -0.128. The Balaban J connectivity index is 1.55. The molecule has 0 bridgehead atoms. The summed E-state index contributed by atoms with van der Waals surface area (Å²) < 4.78 is 33.1. The lowest BCUT2D eigenvalue weighted by Gasteiger charge is -2.32. The number of urea groups is 1. The highest BCUT2D eigenvalue weighted by Gasteiger charge is 2.46. The first kappa shape index (κ1) is 25.9. The Morgan fingerprint density at radius 3 is 2.31 bits per heavy atom. The average molecular weight is 516 g/mol. The monoisotopic (exact) mass is 515 g/mol. The van der Waals surface area contributed by atoms with Gasteiger partial charge in [-0.1, -0.05) is 30.3 Å². The molecule has 3 amide bonds. The predicted octanol–water partition coefficient (Wildman–Crippen LogP) is 2.09. The second-order valence-corrected chi connectivity index (χ2v) is 11.1. The van der Waals surface area contributed by atoms with E-state index in [2.05, 4.69) is 10.6 Å². The second-order valence-electron chi connectivity index (χ2n) is 9.20. The minimum absolute atomic E-state index is 0.0266. The lowest BCUT2D eigenvalue weighted by Crippen LogP contribution is -2.56. The van der Waals surface area contributed by atoms with Gasteiger partial charge < -0.3 is 21.1 Å². The molecule has 0 aromatic heterocycles. The van der Waals surface area contributed by atoms with Gasteiger partial charge in [-0.2, -0.15) is 4.31 Å². The van der Waals surface area contributed by atoms with Gasteiger partial charge in [0.25, 0.3) is 5.91 Å². The molecular formula is C25H33N5O5S. The number of anilines is 1. The maximum absolute atomic E-state index is 13.5. The van der Waals surface area contributed by atoms with E-state index in [-0.39, 0.29) is 30.9 Å². The number of nitrogens with zero attached hydrogens (tertiary/aromatic N) is 2. The number of nitrogens with two attached hydrogens (primary N) is 1. The third-order valence-corrected chi connectivity index (χ3v) is 8.43. The number of carbonyl (C=O) groups excluding carboxylic acids is 2. The Kier molecular flexibility index (Phi) is 8.12. The van der Waals surface area contributed by atoms with E-state index in [1.807, 2.05) is 6.07 Å². The molecule has 4 N–H and O–H groups in total. The first-order valence-electron chi connectivity index (χ1n) is 12.1. The van der Waals surface area contributed by atoms with Gasteiger partial charge in [-0.3, -0.25) is 9.69 Å². The number of methoxy groups -OCH3 is 1. The fourth-order valence-corrected chi connectivity index (χ4v) is 6.31. The number of sulfonamides is 1. The maximum atomic E-state index is 13.5. The minimum Gasteiger partial charge on any atom is -0.497 e. The normalized spacial score (nSPS) is 22.7. The van der Waals surface area contributed by atoms with E-state index in [1.54, 1.807) is 55.6 Å². The van der Waals surface area contributed by atoms with E-state index in [4.69, 9.17) is 10.5 Å². The summed E-state index contributed by atoms with van der Waals surface area (Å²) in [6.45, 7) is 0.114. The number of benzene rings is 2. The summed E-state index contributed by atoms with van der Waals surface area (Å²) in [5.41, 5.74) is 7.10. The van der Waals surface area contributed by atoms with Crippen molar-refractivity contribution in [2.45, 2.75) is 49.7 Å². The van der Waals surface area contributed by atoms with E-state index in [9.17, 15) is 18.0 Å². The molecule has 0 radical (unpaired) electrons. The van der Waals surface area contributed by atoms with Crippen LogP contribution in [0, 0.1) is 0 Å². The molecule has 1 aliphatic carbocycles. The van der Waals surface area contributed by atoms with Gasteiger partial charge in [0.1, 0.15) is 5.75 Å². The van der Waals surface area contributed by atoms with Crippen LogP contribution < -0.4 is 21.1 Å². The Morgan fingerprint density at radius 2 is 1.67 bits per heavy atom. The molecule has 36 heavy (non-hydrogen) atoms. The molecule has 1 heterocycles. The van der Waals surface area contributed by atoms with Crippen LogP contribution in [0.25, 0.3) is 0 Å². The lowest BCUT2D eigenvalue weighted by atomic mass is 9.92. The van der Waals surface area contributed by atoms with Gasteiger partial charge in [-0.15, -0.1) is 0 Å². The highest BCUT2D eigenvalue weighted by atomic mass is 32.2. The second kappa shape index (κ2) is 11.3. The summed E-state index contributed by atoms with van der Waals surface area (Å²) in [6, 6.07) is 15.0. The van der Waals surface area contributed by atoms with E-state index in [0.29, 0.717) is 29.8 Å². The van der Waals surface area contributed by atoms with Crippen molar-refractivity contribution in [3.63, 3.8) is 0 Å². The van der Waals surface area contributed by atoms with E-state index in [0.717, 1.165) is 17.1 Å². The Labute approximate surface area is 211 Å². The Morgan fingerprint density at radius 1 is 1.00 bits per heavy atom. The molecule has 194 valence electrons. The largest absolute Gasteiger partial charge is 0.497 e. The molecule has 2 fully saturated rings. The molecule has 11 heteroatoms. The van der Waals surface area contributed by atoms with E-state index >= 15 is 0 Å². The molecular weight excluding hydrogens is 482 g/mol. The molecule has 10 nitrogen and oxygen atoms in total. The summed E-state index contributed by atoms with van der Waals surface area (Å²) in [4.78, 5) is 28.0. The van der Waals surface area contributed by atoms with Crippen molar-refractivity contribution in [2.75, 3.05) is 25.5 Å². The van der Waals surface area contributed by atoms with Gasteiger partial charge in [0.15, 0.2) is 6.17 Å². The van der Waals surface area contributed by atoms with Crippen LogP contribution >= 0.6 is 0 Å². The molecule has 1 atom stereocenters. The molecule has 2 aromatic rings. The Hall–Kier alpha value is -3.15. The van der Waals surface area contributed by atoms with Crippen LogP contribution in [0.4, 0.5) is 10.5 Å². The number of hydrogen-bond acceptors (Lipinski definition) is 6. The summed E-state index contributed by atoms with van der Waals surface area (Å²) in [5.74, 6) is -0.129. The summed E-state index contributed by atoms with van der Waals surface area (Å²) in [5, 5.41) is 5.74. The third-order valence-electron chi connectivity index (χ3n) is 6.63. The van der Waals surface area contributed by atoms with Crippen LogP contribution in [0.1, 0.15) is 31.2 Å². The zero-order chi connectivity index (χ0) is 25.7. The fourth-order valence-electron chi connectivity index (χ4n) is 4.66. The van der Waals surface area contributed by atoms with Crippen LogP contribution in [0.5, 0.6) is 5.75 Å². The quantitative estimate of drug-likeness (QED) is 0.517. The van der Waals surface area contributed by atoms with Gasteiger partial charge in [0.05, 0.1) is 12.9 Å². The SMILES string of the molecule is COc1ccc(NC(=O)N2CCN(S(=O)(=O)Cc3ccccc3)C2C(=O)NC2CCC(N)CC2)cc1. The average Bonchev–Trinajstić information content (AvgIpc) is 3.33. The first-order valence-corrected chi connectivity index (χ1v) is 13.7. The first-order chi connectivity index (χ1) is 17.3. The van der Waals surface area contributed by atoms with Crippen molar-refractivity contribution in [3.05, 3.63) is 60.2 Å². The molecule has 2 aliphatic rings. The summed E-state index contributed by atoms with van der Waals surface area (Å²) in [7, 11) is -2.34. The zero-order valence-electron chi connectivity index (χ0n) is 20.3. The highest BCUT2D eigenvalue weighted by molar-refractivity contribution is 7.88. The van der Waals surface area contributed by atoms with Gasteiger partial charge >= 0.3 is 6.03 Å². The number of nitrogens with one attached hydrogen (secondary N) is 2. The van der Waals surface area contributed by atoms with E-state index in [1.165, 1.54) is 4.90 Å². The van der Waals surface area contributed by atoms with Crippen molar-refractivity contribution in [3.8, 4) is 5.75 Å². The van der Waals surface area contributed by atoms with Crippen LogP contribution in [0.15, 0.2) is 54.6 Å². The van der Waals surface area contributed by atoms with E-state index < -0.39 is 28.1 Å². The zero-order valence-corrected chi connectivity index (χ0v) is 21.1. The van der Waals surface area contributed by atoms with Gasteiger partial charge in [0, 0.05) is 30.9 Å². The van der Waals surface area contributed by atoms with Crippen LogP contribution in [-0.2, 0) is 20.6 Å². The molecule has 1 saturated carbocycles. The van der Waals surface area contributed by atoms with Crippen molar-refractivity contribution in [2.24, 2.45) is 5.73 Å². The summed E-state index contributed by atoms with van der Waals surface area (Å²) in [6.07, 6.45) is 1.72. The maximum Gasteiger partial charge on any atom is 0.323 e. The van der Waals surface area contributed by atoms with Gasteiger partial charge in [-0.25, -0.2) is 13.2 Å². The Bertz CT molecular complexity index is 1150. The number of rotatable bonds is 7. The molecule has 4 rings (SSSR count). The highest BCUT2D eigenvalue weighted by Crippen LogP contribution is 2.25. The van der Waals surface area contributed by atoms with Crippen LogP contribution in [-0.4, -0.2) is 68.0 Å². The van der Waals surface area contributed by atoms with Crippen molar-refractivity contribution in [1.82, 2.24) is 14.5 Å². The van der Waals surface area contributed by atoms with Gasteiger partial charge in [0.2, 0.25) is 10.0 Å². The smallest absolute Gasteiger partial charge is 0.323 e. The standard InChI is InChI=1S/C25H33N5O5S/c1-35-22-13-11-21(12-14-22)28-25(32)29-15-16-30(36(33,34)17-18-5-3-2-4-6-18)24(29)23(31)27-20-9-7-19(26)8-10-20/h2-6,11-14,19-20,24H,7-10,15-17,26H2,1H3,(H,27,31)(H,28,32). The van der Waals surface area contributed by atoms with Gasteiger partial charge in [-0.05, 0) is 55.5 Å². The van der Waals surface area contributed by atoms with Crippen LogP contribution in [0.2, 0.25) is 0 Å². The predicted molar refractivity (Wildman–Crippen MR) is 137 cm³/mol. The summed E-state index contributed by atoms with van der Waals surface area (Å²) >= 11 is 0. The molecule has 0 spiro atoms. The molecule has 1 saturated heterocycles. The molecule has 1 aliphatic heterocycles. The topological polar surface area (TPSA) is 134 Å². The van der Waals surface area contributed by atoms with Crippen molar-refractivity contribution >= 4 is 27.6 Å². The molecule has 1 unspecified atom stereocenters. The molecule has 2 aromatic carbocycles. The number of carbonyl (C=O) groups is 2. The fraction of sp³-hybridized carbons (Fsp3) is 0.440. The number of ether oxygens (including phenoxy) is 1. The number of amides is 3.